The van der Waals surface area contributed by atoms with Crippen LogP contribution in [-0.2, 0) is 6.18 Å². The molecular weight excluding hydrogens is 323 g/mol. The summed E-state index contributed by atoms with van der Waals surface area (Å²) in [5, 5.41) is 12.9. The van der Waals surface area contributed by atoms with Crippen molar-refractivity contribution in [2.75, 3.05) is 7.11 Å². The highest BCUT2D eigenvalue weighted by Gasteiger charge is 2.37. The van der Waals surface area contributed by atoms with Crippen molar-refractivity contribution >= 4 is 0 Å². The van der Waals surface area contributed by atoms with Gasteiger partial charge in [0.2, 0.25) is 0 Å². The Morgan fingerprint density at radius 1 is 1.00 bits per heavy atom. The summed E-state index contributed by atoms with van der Waals surface area (Å²) >= 11 is 0. The number of rotatable bonds is 3. The second-order valence-electron chi connectivity index (χ2n) is 4.91. The fourth-order valence-electron chi connectivity index (χ4n) is 2.13. The number of halogens is 3. The molecule has 0 amide bonds. The minimum Gasteiger partial charge on any atom is -0.508 e. The summed E-state index contributed by atoms with van der Waals surface area (Å²) in [6.07, 6.45) is -4.66. The van der Waals surface area contributed by atoms with Crippen LogP contribution in [0.15, 0.2) is 48.5 Å². The molecule has 0 spiro atoms. The Labute approximate surface area is 135 Å². The highest BCUT2D eigenvalue weighted by molar-refractivity contribution is 5.59. The van der Waals surface area contributed by atoms with E-state index in [1.165, 1.54) is 31.4 Å². The summed E-state index contributed by atoms with van der Waals surface area (Å²) < 4.78 is 45.1. The monoisotopic (exact) mass is 335 g/mol. The summed E-state index contributed by atoms with van der Waals surface area (Å²) in [5.74, 6) is -0.639. The summed E-state index contributed by atoms with van der Waals surface area (Å²) in [6, 6.07) is 12.1. The molecule has 1 heterocycles. The molecule has 0 atom stereocenters. The average Bonchev–Trinajstić information content (AvgIpc) is 3.01. The lowest BCUT2D eigenvalue weighted by Gasteiger charge is -2.07. The molecule has 0 aliphatic heterocycles. The summed E-state index contributed by atoms with van der Waals surface area (Å²) in [7, 11) is 1.49. The predicted octanol–water partition coefficient (Wildman–Crippen LogP) is 3.67. The van der Waals surface area contributed by atoms with Gasteiger partial charge in [0, 0.05) is 5.56 Å². The minimum absolute atomic E-state index is 0.00491. The average molecular weight is 335 g/mol. The van der Waals surface area contributed by atoms with E-state index in [9.17, 15) is 18.3 Å². The molecule has 0 bridgehead atoms. The van der Waals surface area contributed by atoms with Crippen molar-refractivity contribution in [2.45, 2.75) is 6.18 Å². The van der Waals surface area contributed by atoms with Gasteiger partial charge in [-0.15, -0.1) is 5.10 Å². The van der Waals surface area contributed by atoms with E-state index in [0.717, 1.165) is 4.68 Å². The van der Waals surface area contributed by atoms with Gasteiger partial charge in [-0.2, -0.15) is 13.2 Å². The Hall–Kier alpha value is -3.03. The highest BCUT2D eigenvalue weighted by Crippen LogP contribution is 2.31. The van der Waals surface area contributed by atoms with Gasteiger partial charge in [-0.3, -0.25) is 0 Å². The molecule has 24 heavy (non-hydrogen) atoms. The Bertz CT molecular complexity index is 840. The molecule has 0 fully saturated rings. The van der Waals surface area contributed by atoms with E-state index in [-0.39, 0.29) is 11.6 Å². The van der Waals surface area contributed by atoms with E-state index < -0.39 is 12.0 Å². The topological polar surface area (TPSA) is 60.2 Å². The lowest BCUT2D eigenvalue weighted by atomic mass is 10.2. The zero-order valence-electron chi connectivity index (χ0n) is 12.4. The lowest BCUT2D eigenvalue weighted by molar-refractivity contribution is -0.144. The number of phenolic OH excluding ortho intramolecular Hbond substituents is 1. The molecule has 0 aliphatic rings. The first kappa shape index (κ1) is 15.9. The van der Waals surface area contributed by atoms with Gasteiger partial charge in [-0.05, 0) is 48.5 Å². The summed E-state index contributed by atoms with van der Waals surface area (Å²) in [5.41, 5.74) is 0.800. The van der Waals surface area contributed by atoms with E-state index >= 15 is 0 Å². The molecule has 124 valence electrons. The molecule has 1 aromatic heterocycles. The van der Waals surface area contributed by atoms with E-state index in [2.05, 4.69) is 10.1 Å². The van der Waals surface area contributed by atoms with Crippen LogP contribution < -0.4 is 4.74 Å². The van der Waals surface area contributed by atoms with Crippen LogP contribution in [0.2, 0.25) is 0 Å². The van der Waals surface area contributed by atoms with E-state index in [4.69, 9.17) is 4.74 Å². The molecule has 5 nitrogen and oxygen atoms in total. The van der Waals surface area contributed by atoms with Gasteiger partial charge < -0.3 is 9.84 Å². The minimum atomic E-state index is -4.66. The molecule has 0 unspecified atom stereocenters. The van der Waals surface area contributed by atoms with Gasteiger partial charge in [-0.1, -0.05) is 0 Å². The number of phenols is 1. The first-order valence-corrected chi connectivity index (χ1v) is 6.86. The maximum Gasteiger partial charge on any atom is 0.453 e. The Morgan fingerprint density at radius 3 is 2.17 bits per heavy atom. The van der Waals surface area contributed by atoms with Crippen LogP contribution >= 0.6 is 0 Å². The van der Waals surface area contributed by atoms with Gasteiger partial charge in [-0.25, -0.2) is 9.67 Å². The zero-order valence-corrected chi connectivity index (χ0v) is 12.4. The van der Waals surface area contributed by atoms with Gasteiger partial charge in [0.05, 0.1) is 12.8 Å². The normalized spacial score (nSPS) is 11.5. The molecule has 3 rings (SSSR count). The number of ether oxygens (including phenoxy) is 1. The van der Waals surface area contributed by atoms with Gasteiger partial charge in [0.1, 0.15) is 11.5 Å². The van der Waals surface area contributed by atoms with Crippen LogP contribution in [0.1, 0.15) is 5.82 Å². The SMILES string of the molecule is COc1ccc(-n2nc(C(F)(F)F)nc2-c2ccc(O)cc2)cc1. The molecule has 8 heteroatoms. The Balaban J connectivity index is 2.15. The standard InChI is InChI=1S/C16H12F3N3O2/c1-24-13-8-4-11(5-9-13)22-14(10-2-6-12(23)7-3-10)20-15(21-22)16(17,18)19/h2-9,23H,1H3. The molecule has 0 aliphatic carbocycles. The predicted molar refractivity (Wildman–Crippen MR) is 80.0 cm³/mol. The van der Waals surface area contributed by atoms with E-state index in [1.807, 2.05) is 0 Å². The maximum atomic E-state index is 13.0. The van der Waals surface area contributed by atoms with Crippen LogP contribution in [0.3, 0.4) is 0 Å². The second-order valence-corrected chi connectivity index (χ2v) is 4.91. The van der Waals surface area contributed by atoms with Crippen LogP contribution in [-0.4, -0.2) is 27.0 Å². The smallest absolute Gasteiger partial charge is 0.453 e. The van der Waals surface area contributed by atoms with Crippen LogP contribution in [0, 0.1) is 0 Å². The van der Waals surface area contributed by atoms with Gasteiger partial charge >= 0.3 is 6.18 Å². The number of methoxy groups -OCH3 is 1. The van der Waals surface area contributed by atoms with Gasteiger partial charge in [0.25, 0.3) is 5.82 Å². The molecule has 2 aromatic carbocycles. The third-order valence-corrected chi connectivity index (χ3v) is 3.30. The number of alkyl halides is 3. The molecule has 0 radical (unpaired) electrons. The Kier molecular flexibility index (Phi) is 3.88. The van der Waals surface area contributed by atoms with Crippen molar-refractivity contribution in [2.24, 2.45) is 0 Å². The number of nitrogens with zero attached hydrogens (tertiary/aromatic N) is 3. The van der Waals surface area contributed by atoms with Crippen LogP contribution in [0.25, 0.3) is 17.1 Å². The third kappa shape index (κ3) is 3.03. The fourth-order valence-corrected chi connectivity index (χ4v) is 2.13. The molecule has 0 saturated carbocycles. The number of aromatic hydroxyl groups is 1. The number of benzene rings is 2. The molecule has 1 N–H and O–H groups in total. The molecule has 3 aromatic rings. The van der Waals surface area contributed by atoms with Crippen LogP contribution in [0.4, 0.5) is 13.2 Å². The van der Waals surface area contributed by atoms with Crippen molar-refractivity contribution in [1.29, 1.82) is 0 Å². The Morgan fingerprint density at radius 2 is 1.62 bits per heavy atom. The van der Waals surface area contributed by atoms with Crippen molar-refractivity contribution in [3.05, 3.63) is 54.4 Å². The highest BCUT2D eigenvalue weighted by atomic mass is 19.4. The maximum absolute atomic E-state index is 13.0. The van der Waals surface area contributed by atoms with E-state index in [1.54, 1.807) is 24.3 Å². The summed E-state index contributed by atoms with van der Waals surface area (Å²) in [6.45, 7) is 0. The van der Waals surface area contributed by atoms with Gasteiger partial charge in [0.15, 0.2) is 5.82 Å². The van der Waals surface area contributed by atoms with Crippen molar-refractivity contribution in [3.8, 4) is 28.6 Å². The summed E-state index contributed by atoms with van der Waals surface area (Å²) in [4.78, 5) is 3.61. The first-order chi connectivity index (χ1) is 11.4. The zero-order chi connectivity index (χ0) is 17.3. The quantitative estimate of drug-likeness (QED) is 0.793. The lowest BCUT2D eigenvalue weighted by Crippen LogP contribution is -2.08. The first-order valence-electron chi connectivity index (χ1n) is 6.86. The van der Waals surface area contributed by atoms with Crippen molar-refractivity contribution < 1.29 is 23.0 Å². The number of hydrogen-bond acceptors (Lipinski definition) is 4. The van der Waals surface area contributed by atoms with Crippen molar-refractivity contribution in [1.82, 2.24) is 14.8 Å². The molecular formula is C16H12F3N3O2. The van der Waals surface area contributed by atoms with E-state index in [0.29, 0.717) is 17.0 Å². The fraction of sp³-hybridized carbons (Fsp3) is 0.125. The number of aromatic nitrogens is 3. The number of hydrogen-bond donors (Lipinski definition) is 1. The molecule has 0 saturated heterocycles. The second kappa shape index (κ2) is 5.88. The largest absolute Gasteiger partial charge is 0.508 e. The third-order valence-electron chi connectivity index (χ3n) is 3.30. The van der Waals surface area contributed by atoms with Crippen LogP contribution in [0.5, 0.6) is 11.5 Å². The van der Waals surface area contributed by atoms with Crippen molar-refractivity contribution in [3.63, 3.8) is 0 Å².